The predicted molar refractivity (Wildman–Crippen MR) is 83.7 cm³/mol. The first-order chi connectivity index (χ1) is 9.38. The van der Waals surface area contributed by atoms with E-state index in [2.05, 4.69) is 15.0 Å². The number of amides is 2. The Morgan fingerprint density at radius 2 is 2.15 bits per heavy atom. The number of primary amides is 1. The van der Waals surface area contributed by atoms with Gasteiger partial charge in [-0.15, -0.1) is 23.1 Å². The van der Waals surface area contributed by atoms with E-state index < -0.39 is 6.03 Å². The molecular formula is C10H17N7OS2. The van der Waals surface area contributed by atoms with Crippen molar-refractivity contribution in [2.45, 2.75) is 18.7 Å². The number of urea groups is 1. The Labute approximate surface area is 124 Å². The van der Waals surface area contributed by atoms with E-state index in [1.165, 1.54) is 23.1 Å². The Balaban J connectivity index is 2.63. The average Bonchev–Trinajstić information content (AvgIpc) is 2.73. The third kappa shape index (κ3) is 5.89. The van der Waals surface area contributed by atoms with Crippen molar-refractivity contribution >= 4 is 40.9 Å². The SMILES string of the molecule is Cc1nc(C(N=C(N)N)SCCC(N)=NC(N)=O)cs1. The number of nitrogens with zero attached hydrogens (tertiary/aromatic N) is 3. The highest BCUT2D eigenvalue weighted by atomic mass is 32.2. The summed E-state index contributed by atoms with van der Waals surface area (Å²) in [4.78, 5) is 22.5. The molecule has 2 amide bonds. The Bertz CT molecular complexity index is 521. The van der Waals surface area contributed by atoms with E-state index in [0.717, 1.165) is 10.7 Å². The van der Waals surface area contributed by atoms with Crippen LogP contribution in [0.25, 0.3) is 0 Å². The van der Waals surface area contributed by atoms with Gasteiger partial charge in [0.25, 0.3) is 0 Å². The minimum atomic E-state index is -0.802. The number of hydrogen-bond acceptors (Lipinski definition) is 5. The highest BCUT2D eigenvalue weighted by Gasteiger charge is 2.14. The molecule has 1 aromatic rings. The molecule has 1 heterocycles. The van der Waals surface area contributed by atoms with Crippen LogP contribution >= 0.6 is 23.1 Å². The predicted octanol–water partition coefficient (Wildman–Crippen LogP) is 0.283. The third-order valence-corrected chi connectivity index (χ3v) is 3.94. The topological polar surface area (TPSA) is 159 Å². The Kier molecular flexibility index (Phi) is 6.25. The number of nitrogens with two attached hydrogens (primary N) is 4. The maximum atomic E-state index is 10.6. The molecule has 10 heteroatoms. The monoisotopic (exact) mass is 315 g/mol. The van der Waals surface area contributed by atoms with Gasteiger partial charge in [-0.2, -0.15) is 4.99 Å². The fourth-order valence-corrected chi connectivity index (χ4v) is 3.05. The lowest BCUT2D eigenvalue weighted by Gasteiger charge is -2.10. The van der Waals surface area contributed by atoms with Crippen molar-refractivity contribution in [2.24, 2.45) is 32.9 Å². The van der Waals surface area contributed by atoms with Crippen molar-refractivity contribution in [2.75, 3.05) is 5.75 Å². The zero-order valence-electron chi connectivity index (χ0n) is 10.9. The van der Waals surface area contributed by atoms with Crippen LogP contribution in [-0.2, 0) is 0 Å². The second-order valence-electron chi connectivity index (χ2n) is 3.76. The molecular weight excluding hydrogens is 298 g/mol. The number of carbonyl (C=O) groups is 1. The second-order valence-corrected chi connectivity index (χ2v) is 6.01. The lowest BCUT2D eigenvalue weighted by Crippen LogP contribution is -2.23. The van der Waals surface area contributed by atoms with E-state index in [4.69, 9.17) is 22.9 Å². The van der Waals surface area contributed by atoms with E-state index in [0.29, 0.717) is 12.2 Å². The van der Waals surface area contributed by atoms with E-state index in [-0.39, 0.29) is 17.2 Å². The molecule has 0 aromatic carbocycles. The standard InChI is InChI=1S/C10H17N7OS2/c1-5-15-6(4-20-5)8(17-9(12)13)19-3-2-7(11)16-10(14)18/h4,8H,2-3H2,1H3,(H4,12,13,17)(H4,11,14,16,18). The lowest BCUT2D eigenvalue weighted by atomic mass is 10.4. The molecule has 0 saturated heterocycles. The minimum Gasteiger partial charge on any atom is -0.387 e. The molecule has 1 atom stereocenters. The number of rotatable bonds is 6. The first-order valence-corrected chi connectivity index (χ1v) is 7.56. The second kappa shape index (κ2) is 7.70. The molecule has 8 N–H and O–H groups in total. The Hall–Kier alpha value is -1.81. The lowest BCUT2D eigenvalue weighted by molar-refractivity contribution is 0.256. The van der Waals surface area contributed by atoms with Gasteiger partial charge in [-0.1, -0.05) is 0 Å². The van der Waals surface area contributed by atoms with Crippen LogP contribution in [0.4, 0.5) is 4.79 Å². The van der Waals surface area contributed by atoms with Crippen LogP contribution in [0.5, 0.6) is 0 Å². The van der Waals surface area contributed by atoms with E-state index in [1.54, 1.807) is 0 Å². The number of hydrogen-bond donors (Lipinski definition) is 4. The van der Waals surface area contributed by atoms with Gasteiger partial charge in [0.1, 0.15) is 11.2 Å². The van der Waals surface area contributed by atoms with E-state index in [1.807, 2.05) is 12.3 Å². The summed E-state index contributed by atoms with van der Waals surface area (Å²) in [6.07, 6.45) is 0.410. The van der Waals surface area contributed by atoms with Crippen LogP contribution < -0.4 is 22.9 Å². The molecule has 1 rings (SSSR count). The number of thiazole rings is 1. The van der Waals surface area contributed by atoms with Gasteiger partial charge in [-0.05, 0) is 6.92 Å². The van der Waals surface area contributed by atoms with E-state index in [9.17, 15) is 4.79 Å². The Morgan fingerprint density at radius 3 is 2.65 bits per heavy atom. The number of aryl methyl sites for hydroxylation is 1. The number of aromatic nitrogens is 1. The van der Waals surface area contributed by atoms with Gasteiger partial charge in [-0.3, -0.25) is 0 Å². The summed E-state index contributed by atoms with van der Waals surface area (Å²) >= 11 is 2.98. The summed E-state index contributed by atoms with van der Waals surface area (Å²) < 4.78 is 0. The smallest absolute Gasteiger partial charge is 0.339 e. The van der Waals surface area contributed by atoms with Crippen molar-refractivity contribution in [1.29, 1.82) is 0 Å². The van der Waals surface area contributed by atoms with Crippen molar-refractivity contribution < 1.29 is 4.79 Å². The van der Waals surface area contributed by atoms with Gasteiger partial charge < -0.3 is 22.9 Å². The summed E-state index contributed by atoms with van der Waals surface area (Å²) in [6.45, 7) is 1.91. The Morgan fingerprint density at radius 1 is 1.45 bits per heavy atom. The van der Waals surface area contributed by atoms with Gasteiger partial charge in [0.15, 0.2) is 5.96 Å². The number of carbonyl (C=O) groups excluding carboxylic acids is 1. The molecule has 20 heavy (non-hydrogen) atoms. The van der Waals surface area contributed by atoms with Crippen molar-refractivity contribution in [3.63, 3.8) is 0 Å². The summed E-state index contributed by atoms with van der Waals surface area (Å²) in [7, 11) is 0. The molecule has 0 spiro atoms. The average molecular weight is 315 g/mol. The maximum absolute atomic E-state index is 10.6. The number of thioether (sulfide) groups is 1. The normalized spacial score (nSPS) is 12.9. The molecule has 110 valence electrons. The maximum Gasteiger partial charge on any atom is 0.339 e. The fraction of sp³-hybridized carbons (Fsp3) is 0.400. The van der Waals surface area contributed by atoms with Gasteiger partial charge in [0.05, 0.1) is 10.7 Å². The summed E-state index contributed by atoms with van der Waals surface area (Å²) in [6, 6.07) is -0.802. The van der Waals surface area contributed by atoms with Crippen LogP contribution in [0.15, 0.2) is 15.4 Å². The van der Waals surface area contributed by atoms with Crippen LogP contribution in [0.2, 0.25) is 0 Å². The summed E-state index contributed by atoms with van der Waals surface area (Å²) in [5.41, 5.74) is 22.1. The van der Waals surface area contributed by atoms with Crippen LogP contribution in [0.1, 0.15) is 22.5 Å². The zero-order chi connectivity index (χ0) is 15.1. The highest BCUT2D eigenvalue weighted by Crippen LogP contribution is 2.31. The van der Waals surface area contributed by atoms with Crippen LogP contribution in [-0.4, -0.2) is 28.6 Å². The molecule has 8 nitrogen and oxygen atoms in total. The van der Waals surface area contributed by atoms with Crippen molar-refractivity contribution in [1.82, 2.24) is 4.98 Å². The molecule has 0 radical (unpaired) electrons. The molecule has 0 fully saturated rings. The molecule has 0 saturated carbocycles. The molecule has 0 aliphatic heterocycles. The van der Waals surface area contributed by atoms with Gasteiger partial charge in [-0.25, -0.2) is 14.8 Å². The van der Waals surface area contributed by atoms with Crippen LogP contribution in [0, 0.1) is 6.92 Å². The van der Waals surface area contributed by atoms with Crippen molar-refractivity contribution in [3.8, 4) is 0 Å². The fourth-order valence-electron chi connectivity index (χ4n) is 1.29. The first-order valence-electron chi connectivity index (χ1n) is 5.63. The van der Waals surface area contributed by atoms with Gasteiger partial charge in [0, 0.05) is 17.6 Å². The largest absolute Gasteiger partial charge is 0.387 e. The number of aliphatic imine (C=N–C) groups is 2. The summed E-state index contributed by atoms with van der Waals surface area (Å²) in [5.74, 6) is 0.760. The quantitative estimate of drug-likeness (QED) is 0.436. The molecule has 0 bridgehead atoms. The summed E-state index contributed by atoms with van der Waals surface area (Å²) in [5, 5.41) is 2.54. The number of guanidine groups is 1. The van der Waals surface area contributed by atoms with Crippen LogP contribution in [0.3, 0.4) is 0 Å². The molecule has 0 aliphatic rings. The molecule has 0 aliphatic carbocycles. The molecule has 1 aromatic heterocycles. The highest BCUT2D eigenvalue weighted by molar-refractivity contribution is 7.99. The van der Waals surface area contributed by atoms with E-state index >= 15 is 0 Å². The van der Waals surface area contributed by atoms with Gasteiger partial charge in [0.2, 0.25) is 0 Å². The van der Waals surface area contributed by atoms with Crippen molar-refractivity contribution in [3.05, 3.63) is 16.1 Å². The third-order valence-electron chi connectivity index (χ3n) is 2.04. The zero-order valence-corrected chi connectivity index (χ0v) is 12.6. The number of amidine groups is 1. The minimum absolute atomic E-state index is 0.00747. The first kappa shape index (κ1) is 16.2. The van der Waals surface area contributed by atoms with Gasteiger partial charge >= 0.3 is 6.03 Å². The molecule has 1 unspecified atom stereocenters.